The summed E-state index contributed by atoms with van der Waals surface area (Å²) in [7, 11) is 1.19. The summed E-state index contributed by atoms with van der Waals surface area (Å²) < 4.78 is 43.5. The Morgan fingerprint density at radius 2 is 1.83 bits per heavy atom. The molecular formula is C18H14F3NO2. The Hall–Kier alpha value is -2.89. The van der Waals surface area contributed by atoms with Crippen LogP contribution in [-0.4, -0.2) is 25.5 Å². The fourth-order valence-electron chi connectivity index (χ4n) is 1.97. The van der Waals surface area contributed by atoms with Crippen LogP contribution in [0.2, 0.25) is 0 Å². The zero-order valence-electron chi connectivity index (χ0n) is 12.8. The van der Waals surface area contributed by atoms with Crippen LogP contribution in [0.1, 0.15) is 21.5 Å². The third-order valence-electron chi connectivity index (χ3n) is 3.24. The Balaban J connectivity index is 2.49. The van der Waals surface area contributed by atoms with Crippen molar-refractivity contribution in [1.82, 2.24) is 0 Å². The van der Waals surface area contributed by atoms with Crippen LogP contribution < -0.4 is 0 Å². The first-order chi connectivity index (χ1) is 11.3. The van der Waals surface area contributed by atoms with E-state index in [1.165, 1.54) is 31.5 Å². The maximum Gasteiger partial charge on any atom is 0.416 e. The minimum absolute atomic E-state index is 0.0101. The summed E-state index contributed by atoms with van der Waals surface area (Å²) in [6.07, 6.45) is -3.17. The third-order valence-corrected chi connectivity index (χ3v) is 3.24. The number of nitrogens with zero attached hydrogens (tertiary/aromatic N) is 1. The average molecular weight is 333 g/mol. The molecule has 0 atom stereocenters. The monoisotopic (exact) mass is 333 g/mol. The molecule has 0 aromatic heterocycles. The fraction of sp³-hybridized carbons (Fsp3) is 0.111. The van der Waals surface area contributed by atoms with Crippen molar-refractivity contribution in [1.29, 1.82) is 0 Å². The highest BCUT2D eigenvalue weighted by molar-refractivity contribution is 5.93. The van der Waals surface area contributed by atoms with Crippen LogP contribution in [0.25, 0.3) is 5.57 Å². The molecule has 0 bridgehead atoms. The summed E-state index contributed by atoms with van der Waals surface area (Å²) in [5, 5.41) is 0. The molecule has 0 saturated heterocycles. The number of aliphatic imine (C=N–C) groups is 1. The number of hydrogen-bond donors (Lipinski definition) is 0. The van der Waals surface area contributed by atoms with Gasteiger partial charge in [0.05, 0.1) is 23.9 Å². The minimum Gasteiger partial charge on any atom is -0.465 e. The van der Waals surface area contributed by atoms with Gasteiger partial charge >= 0.3 is 12.1 Å². The van der Waals surface area contributed by atoms with Gasteiger partial charge in [0.1, 0.15) is 0 Å². The average Bonchev–Trinajstić information content (AvgIpc) is 2.58. The van der Waals surface area contributed by atoms with Gasteiger partial charge in [0.25, 0.3) is 0 Å². The maximum absolute atomic E-state index is 13.0. The number of alkyl halides is 3. The molecule has 0 radical (unpaired) electrons. The first kappa shape index (κ1) is 17.5. The second kappa shape index (κ2) is 7.12. The zero-order chi connectivity index (χ0) is 17.7. The van der Waals surface area contributed by atoms with E-state index in [2.05, 4.69) is 16.3 Å². The molecule has 0 fully saturated rings. The second-order valence-corrected chi connectivity index (χ2v) is 4.87. The minimum atomic E-state index is -4.59. The molecular weight excluding hydrogens is 319 g/mol. The zero-order valence-corrected chi connectivity index (χ0v) is 12.8. The molecule has 6 heteroatoms. The molecule has 0 aliphatic heterocycles. The Morgan fingerprint density at radius 1 is 1.17 bits per heavy atom. The van der Waals surface area contributed by atoms with Gasteiger partial charge in [-0.1, -0.05) is 43.0 Å². The molecule has 0 saturated carbocycles. The van der Waals surface area contributed by atoms with Crippen LogP contribution in [0.4, 0.5) is 18.9 Å². The maximum atomic E-state index is 13.0. The number of rotatable bonds is 4. The molecule has 0 amide bonds. The molecule has 0 N–H and O–H groups in total. The van der Waals surface area contributed by atoms with Crippen molar-refractivity contribution in [3.05, 3.63) is 71.8 Å². The van der Waals surface area contributed by atoms with Crippen molar-refractivity contribution in [2.75, 3.05) is 7.11 Å². The van der Waals surface area contributed by atoms with E-state index >= 15 is 0 Å². The predicted molar refractivity (Wildman–Crippen MR) is 86.6 cm³/mol. The van der Waals surface area contributed by atoms with Crippen molar-refractivity contribution in [3.8, 4) is 0 Å². The standard InChI is InChI=1S/C18H14F3NO2/c1-12(18(19,20)21)15-9-8-14(17(23)24-2)10-16(15)22-11-13-6-4-3-5-7-13/h3-11H,1H2,2H3. The number of carbonyl (C=O) groups excluding carboxylic acids is 1. The van der Waals surface area contributed by atoms with Crippen molar-refractivity contribution in [2.24, 2.45) is 4.99 Å². The smallest absolute Gasteiger partial charge is 0.416 e. The molecule has 0 spiro atoms. The van der Waals surface area contributed by atoms with Crippen molar-refractivity contribution >= 4 is 23.4 Å². The summed E-state index contributed by atoms with van der Waals surface area (Å²) in [6, 6.07) is 12.5. The number of methoxy groups -OCH3 is 1. The summed E-state index contributed by atoms with van der Waals surface area (Å²) in [5.74, 6) is -0.657. The first-order valence-electron chi connectivity index (χ1n) is 6.91. The molecule has 2 aromatic carbocycles. The van der Waals surface area contributed by atoms with E-state index < -0.39 is 17.7 Å². The van der Waals surface area contributed by atoms with Crippen LogP contribution >= 0.6 is 0 Å². The lowest BCUT2D eigenvalue weighted by Crippen LogP contribution is -2.10. The molecule has 2 rings (SSSR count). The van der Waals surface area contributed by atoms with E-state index in [0.29, 0.717) is 5.56 Å². The second-order valence-electron chi connectivity index (χ2n) is 4.87. The van der Waals surface area contributed by atoms with Gasteiger partial charge in [0.2, 0.25) is 0 Å². The number of benzene rings is 2. The van der Waals surface area contributed by atoms with E-state index in [1.54, 1.807) is 24.3 Å². The quantitative estimate of drug-likeness (QED) is 0.595. The number of halogens is 3. The Bertz CT molecular complexity index is 781. The lowest BCUT2D eigenvalue weighted by molar-refractivity contribution is -0.0686. The fourth-order valence-corrected chi connectivity index (χ4v) is 1.97. The largest absolute Gasteiger partial charge is 0.465 e. The van der Waals surface area contributed by atoms with E-state index in [4.69, 9.17) is 0 Å². The van der Waals surface area contributed by atoms with Gasteiger partial charge in [-0.3, -0.25) is 4.99 Å². The Labute approximate surface area is 137 Å². The topological polar surface area (TPSA) is 38.7 Å². The number of carbonyl (C=O) groups is 1. The van der Waals surface area contributed by atoms with Gasteiger partial charge in [-0.15, -0.1) is 0 Å². The number of allylic oxidation sites excluding steroid dienone is 1. The predicted octanol–water partition coefficient (Wildman–Crippen LogP) is 4.80. The van der Waals surface area contributed by atoms with Gasteiger partial charge in [-0.05, 0) is 17.7 Å². The summed E-state index contributed by atoms with van der Waals surface area (Å²) >= 11 is 0. The Morgan fingerprint density at radius 3 is 2.42 bits per heavy atom. The normalized spacial score (nSPS) is 11.5. The number of ether oxygens (including phenoxy) is 1. The van der Waals surface area contributed by atoms with Gasteiger partial charge < -0.3 is 4.74 Å². The van der Waals surface area contributed by atoms with Gasteiger partial charge in [0.15, 0.2) is 0 Å². The van der Waals surface area contributed by atoms with Crippen LogP contribution in [0.3, 0.4) is 0 Å². The van der Waals surface area contributed by atoms with Crippen LogP contribution in [0, 0.1) is 0 Å². The van der Waals surface area contributed by atoms with E-state index in [9.17, 15) is 18.0 Å². The van der Waals surface area contributed by atoms with Crippen molar-refractivity contribution in [3.63, 3.8) is 0 Å². The lowest BCUT2D eigenvalue weighted by atomic mass is 10.0. The number of hydrogen-bond acceptors (Lipinski definition) is 3. The molecule has 0 unspecified atom stereocenters. The molecule has 0 heterocycles. The van der Waals surface area contributed by atoms with Crippen molar-refractivity contribution < 1.29 is 22.7 Å². The van der Waals surface area contributed by atoms with Gasteiger partial charge in [0, 0.05) is 11.8 Å². The summed E-state index contributed by atoms with van der Waals surface area (Å²) in [6.45, 7) is 3.09. The third kappa shape index (κ3) is 4.10. The molecule has 3 nitrogen and oxygen atoms in total. The van der Waals surface area contributed by atoms with Crippen molar-refractivity contribution in [2.45, 2.75) is 6.18 Å². The van der Waals surface area contributed by atoms with Gasteiger partial charge in [-0.25, -0.2) is 4.79 Å². The summed E-state index contributed by atoms with van der Waals surface area (Å²) in [5.41, 5.74) is -0.411. The molecule has 124 valence electrons. The van der Waals surface area contributed by atoms with E-state index in [1.807, 2.05) is 6.07 Å². The van der Waals surface area contributed by atoms with Crippen LogP contribution in [-0.2, 0) is 4.74 Å². The van der Waals surface area contributed by atoms with Crippen LogP contribution in [0.15, 0.2) is 60.1 Å². The summed E-state index contributed by atoms with van der Waals surface area (Å²) in [4.78, 5) is 15.7. The Kier molecular flexibility index (Phi) is 5.18. The molecule has 24 heavy (non-hydrogen) atoms. The van der Waals surface area contributed by atoms with Crippen LogP contribution in [0.5, 0.6) is 0 Å². The van der Waals surface area contributed by atoms with Gasteiger partial charge in [-0.2, -0.15) is 13.2 Å². The SMILES string of the molecule is C=C(c1ccc(C(=O)OC)cc1N=Cc1ccccc1)C(F)(F)F. The number of esters is 1. The first-order valence-corrected chi connectivity index (χ1v) is 6.91. The molecule has 2 aromatic rings. The highest BCUT2D eigenvalue weighted by atomic mass is 19.4. The highest BCUT2D eigenvalue weighted by Crippen LogP contribution is 2.37. The van der Waals surface area contributed by atoms with E-state index in [0.717, 1.165) is 0 Å². The molecule has 0 aliphatic rings. The van der Waals surface area contributed by atoms with E-state index in [-0.39, 0.29) is 16.8 Å². The highest BCUT2D eigenvalue weighted by Gasteiger charge is 2.34. The molecule has 0 aliphatic carbocycles. The lowest BCUT2D eigenvalue weighted by Gasteiger charge is -2.13.